The van der Waals surface area contributed by atoms with E-state index in [1.165, 1.54) is 23.3 Å². The third kappa shape index (κ3) is 28.3. The Kier molecular flexibility index (Phi) is 35.4. The molecule has 0 radical (unpaired) electrons. The van der Waals surface area contributed by atoms with Crippen LogP contribution in [-0.4, -0.2) is 125 Å². The number of alkyl halides is 6. The molecule has 0 heterocycles. The van der Waals surface area contributed by atoms with Gasteiger partial charge in [0.2, 0.25) is 0 Å². The lowest BCUT2D eigenvalue weighted by atomic mass is 9.55. The Hall–Kier alpha value is -2.83. The Bertz CT molecular complexity index is 3580. The first-order chi connectivity index (χ1) is 52.2. The number of hydrogen-bond donors (Lipinski definition) is 4. The number of allylic oxidation sites excluding steroid dienone is 6. The van der Waals surface area contributed by atoms with Crippen LogP contribution >= 0.6 is 7.14 Å². The summed E-state index contributed by atoms with van der Waals surface area (Å²) in [5.41, 5.74) is -2.93. The first-order valence-electron chi connectivity index (χ1n) is 43.6. The van der Waals surface area contributed by atoms with Crippen molar-refractivity contribution in [1.82, 2.24) is 0 Å². The maximum absolute atomic E-state index is 14.6. The zero-order valence-corrected chi connectivity index (χ0v) is 81.0. The number of fused-ring (bicyclic) bond motifs is 2. The molecule has 4 unspecified atom stereocenters. The van der Waals surface area contributed by atoms with E-state index in [1.54, 1.807) is 39.6 Å². The number of carbonyl (C=O) groups is 1. The maximum atomic E-state index is 14.6. The zero-order chi connectivity index (χ0) is 87.1. The van der Waals surface area contributed by atoms with Crippen molar-refractivity contribution in [2.45, 2.75) is 407 Å². The van der Waals surface area contributed by atoms with Gasteiger partial charge < -0.3 is 42.7 Å². The van der Waals surface area contributed by atoms with Crippen LogP contribution in [0.15, 0.2) is 120 Å². The topological polar surface area (TPSA) is 152 Å². The van der Waals surface area contributed by atoms with E-state index in [-0.39, 0.29) is 62.9 Å². The number of halogens is 6. The predicted molar refractivity (Wildman–Crippen MR) is 483 cm³/mol. The van der Waals surface area contributed by atoms with E-state index in [0.717, 1.165) is 145 Å². The Morgan fingerprint density at radius 3 is 1.39 bits per heavy atom. The highest BCUT2D eigenvalue weighted by Crippen LogP contribution is 2.65. The van der Waals surface area contributed by atoms with Crippen LogP contribution in [0.1, 0.15) is 272 Å². The number of hydrogen-bond acceptors (Lipinski definition) is 10. The van der Waals surface area contributed by atoms with Crippen molar-refractivity contribution in [3.05, 3.63) is 120 Å². The molecular weight excluding hydrogens is 1560 g/mol. The summed E-state index contributed by atoms with van der Waals surface area (Å²) in [6.07, 6.45) is 22.5. The van der Waals surface area contributed by atoms with Crippen LogP contribution in [0.3, 0.4) is 0 Å². The van der Waals surface area contributed by atoms with Crippen LogP contribution < -0.4 is 10.6 Å². The van der Waals surface area contributed by atoms with Crippen molar-refractivity contribution in [1.29, 1.82) is 0 Å². The van der Waals surface area contributed by atoms with Crippen molar-refractivity contribution >= 4 is 56.8 Å². The van der Waals surface area contributed by atoms with E-state index in [9.17, 15) is 56.1 Å². The van der Waals surface area contributed by atoms with Gasteiger partial charge in [-0.05, 0) is 303 Å². The third-order valence-corrected chi connectivity index (χ3v) is 42.2. The standard InChI is InChI=1S/C32H51F3O4.C32H51O3PSi2.C30H55F3O3Si2.CH4/c1-28(2,38)14-7-15-29(3,16-8-18-31(5,39)32(33,34)35)27-13-12-26-23(9-6-17-30(26,27)4)11-10-22-19-24(36)21-25(37)20-22;1-31(2,3)37(7,8)34-27-23-26(24-28(25-27)35-38(9,10)32(4,5)6)21-22-36(33,29-17-13-11-14-18-29)30-19-15-12-16-20-30;1-26(2,35-37(6,7)8)18-13-19-27(3,25-17-16-23-24(34)15-12-21-28(23,25)4)20-14-22-29(5,30(31,32)33)36-38(9,10)11;/h8,10-11,18,24-27,36-39H,6-7,9,12-17,19-21H2,1-5H3;11-21,27-28H,22-25H2,1-10H3;14,22-23,25H,12-13,15-21H2,1-11H3;1H4/b18-8-,23-11+;;22-14-;/t24-,25-,26?,27-,29-,30+,31?;27-,28-;23?,25-,27-,28+,29?;/m111./s1. The molecule has 0 aliphatic heterocycles. The Morgan fingerprint density at radius 2 is 0.957 bits per heavy atom. The summed E-state index contributed by atoms with van der Waals surface area (Å²) in [6, 6.07) is 20.0. The summed E-state index contributed by atoms with van der Waals surface area (Å²) in [5, 5.41) is 42.6. The van der Waals surface area contributed by atoms with Crippen LogP contribution in [0, 0.1) is 45.3 Å². The van der Waals surface area contributed by atoms with Crippen LogP contribution in [0.4, 0.5) is 26.3 Å². The van der Waals surface area contributed by atoms with E-state index in [4.69, 9.17) is 17.7 Å². The van der Waals surface area contributed by atoms with Gasteiger partial charge in [0.25, 0.3) is 0 Å². The highest BCUT2D eigenvalue weighted by Gasteiger charge is 2.59. The zero-order valence-electron chi connectivity index (χ0n) is 76.1. The fraction of sp³-hybridized carbons (Fsp3) is 0.758. The van der Waals surface area contributed by atoms with Gasteiger partial charge >= 0.3 is 12.4 Å². The average molecular weight is 1720 g/mol. The summed E-state index contributed by atoms with van der Waals surface area (Å²) in [7, 11) is -10.8. The van der Waals surface area contributed by atoms with Gasteiger partial charge in [-0.25, -0.2) is 0 Å². The molecule has 10 nitrogen and oxygen atoms in total. The highest BCUT2D eigenvalue weighted by molar-refractivity contribution is 7.78. The number of ketones is 1. The lowest BCUT2D eigenvalue weighted by Crippen LogP contribution is -2.49. The minimum Gasteiger partial charge on any atom is -0.414 e. The molecule has 6 aliphatic rings. The Balaban J connectivity index is 0.000000309. The molecule has 14 atom stereocenters. The fourth-order valence-electron chi connectivity index (χ4n) is 20.2. The molecular formula is C95H161F6O10PSi4. The molecule has 2 aromatic carbocycles. The second-order valence-electron chi connectivity index (χ2n) is 43.6. The van der Waals surface area contributed by atoms with Gasteiger partial charge in [-0.1, -0.05) is 197 Å². The monoisotopic (exact) mass is 1720 g/mol. The van der Waals surface area contributed by atoms with E-state index in [0.29, 0.717) is 74.6 Å². The van der Waals surface area contributed by atoms with Crippen molar-refractivity contribution in [3.63, 3.8) is 0 Å². The van der Waals surface area contributed by atoms with Gasteiger partial charge in [0, 0.05) is 29.1 Å². The molecule has 21 heteroatoms. The second-order valence-corrected chi connectivity index (χ2v) is 64.9. The van der Waals surface area contributed by atoms with Crippen molar-refractivity contribution in [3.8, 4) is 0 Å². The van der Waals surface area contributed by atoms with Gasteiger partial charge in [-0.2, -0.15) is 26.3 Å². The molecule has 0 spiro atoms. The molecule has 0 saturated heterocycles. The Morgan fingerprint density at radius 1 is 0.526 bits per heavy atom. The molecule has 6 fully saturated rings. The normalized spacial score (nSPS) is 27.6. The van der Waals surface area contributed by atoms with E-state index < -0.39 is 81.8 Å². The molecule has 8 rings (SSSR count). The Labute approximate surface area is 704 Å². The van der Waals surface area contributed by atoms with Gasteiger partial charge in [0.1, 0.15) is 12.9 Å². The van der Waals surface area contributed by atoms with E-state index in [2.05, 4.69) is 147 Å². The van der Waals surface area contributed by atoms with Gasteiger partial charge in [-0.3, -0.25) is 4.79 Å². The van der Waals surface area contributed by atoms with Crippen molar-refractivity contribution in [2.75, 3.05) is 6.16 Å². The highest BCUT2D eigenvalue weighted by atomic mass is 31.2. The lowest BCUT2D eigenvalue weighted by Gasteiger charge is -2.49. The summed E-state index contributed by atoms with van der Waals surface area (Å²) in [5.74, 6) is 1.46. The maximum Gasteiger partial charge on any atom is 0.420 e. The third-order valence-electron chi connectivity index (χ3n) is 28.0. The molecule has 116 heavy (non-hydrogen) atoms. The van der Waals surface area contributed by atoms with Crippen molar-refractivity contribution in [2.24, 2.45) is 45.3 Å². The minimum atomic E-state index is -4.73. The molecule has 664 valence electrons. The number of Topliss-reactive ketones (excluding diaryl/α,β-unsaturated/α-hetero) is 1. The van der Waals surface area contributed by atoms with E-state index in [1.807, 2.05) is 60.7 Å². The summed E-state index contributed by atoms with van der Waals surface area (Å²) in [4.78, 5) is 12.9. The number of benzene rings is 2. The largest absolute Gasteiger partial charge is 0.420 e. The molecule has 0 bridgehead atoms. The lowest BCUT2D eigenvalue weighted by molar-refractivity contribution is -0.232. The molecule has 6 saturated carbocycles. The van der Waals surface area contributed by atoms with Crippen LogP contribution in [0.25, 0.3) is 0 Å². The van der Waals surface area contributed by atoms with Crippen LogP contribution in [0.2, 0.25) is 75.5 Å². The quantitative estimate of drug-likeness (QED) is 0.0268. The molecule has 0 aromatic heterocycles. The van der Waals surface area contributed by atoms with E-state index >= 15 is 0 Å². The molecule has 6 aliphatic carbocycles. The number of rotatable bonds is 29. The SMILES string of the molecule is C.CC(C)(C)[Si](C)(C)O[C@@H]1CC(=CCP(=O)(c2ccccc2)c2ccccc2)C[C@@H](O[Si](C)(C)C(C)(C)C)C1.CC(C)(CCC[C@](C)(C/C=C\C(C)(O[Si](C)(C)C)C(F)(F)F)[C@H]1CCC2C(=O)CCC[C@@]21C)O[Si](C)(C)C.CC(C)(O)CCC[C@](C)(C/C=C\C(C)(O)C(F)(F)F)[C@H]1CCC2/C(=C/C=C3C[C@@H](O)C[C@H](O)C3)CCC[C@@]21C. The van der Waals surface area contributed by atoms with Gasteiger partial charge in [0.15, 0.2) is 44.5 Å². The smallest absolute Gasteiger partial charge is 0.414 e. The molecule has 0 amide bonds. The molecule has 4 N–H and O–H groups in total. The van der Waals surface area contributed by atoms with Gasteiger partial charge in [0.05, 0.1) is 35.6 Å². The van der Waals surface area contributed by atoms with Crippen molar-refractivity contribution < 1.29 is 73.8 Å². The van der Waals surface area contributed by atoms with Crippen LogP contribution in [-0.2, 0) is 27.1 Å². The number of aliphatic hydroxyl groups is 4. The average Bonchev–Trinajstić information content (AvgIpc) is 1.58. The first kappa shape index (κ1) is 104. The summed E-state index contributed by atoms with van der Waals surface area (Å²) >= 11 is 0. The second kappa shape index (κ2) is 39.6. The summed E-state index contributed by atoms with van der Waals surface area (Å²) < 4.78 is 123. The number of carbonyl (C=O) groups excluding carboxylic acids is 1. The first-order valence-corrected chi connectivity index (χ1v) is 58.1. The predicted octanol–water partition coefficient (Wildman–Crippen LogP) is 26.4. The molecule has 2 aromatic rings. The summed E-state index contributed by atoms with van der Waals surface area (Å²) in [6.45, 7) is 54.0. The van der Waals surface area contributed by atoms with Crippen LogP contribution in [0.5, 0.6) is 0 Å². The van der Waals surface area contributed by atoms with Gasteiger partial charge in [-0.15, -0.1) is 0 Å². The number of aliphatic hydroxyl groups excluding tert-OH is 2. The fourth-order valence-corrected chi connectivity index (χ4v) is 28.7. The minimum absolute atomic E-state index is 0.